The third-order valence-corrected chi connectivity index (χ3v) is 13.7. The van der Waals surface area contributed by atoms with Crippen LogP contribution in [0.1, 0.15) is 83.0 Å². The van der Waals surface area contributed by atoms with Gasteiger partial charge in [0, 0.05) is 20.8 Å². The van der Waals surface area contributed by atoms with Crippen LogP contribution in [-0.2, 0) is 62.1 Å². The van der Waals surface area contributed by atoms with Crippen molar-refractivity contribution < 1.29 is 120 Å². The fourth-order valence-corrected chi connectivity index (χ4v) is 9.70. The van der Waals surface area contributed by atoms with Crippen molar-refractivity contribution in [1.82, 2.24) is 21.3 Å². The molecule has 30 heteroatoms. The fraction of sp³-hybridized carbons (Fsp3) is 0.750. The van der Waals surface area contributed by atoms with Crippen molar-refractivity contribution in [2.24, 2.45) is 0 Å². The summed E-state index contributed by atoms with van der Waals surface area (Å²) in [4.78, 5) is 51.3. The van der Waals surface area contributed by atoms with Crippen molar-refractivity contribution in [3.05, 3.63) is 42.0 Å². The third-order valence-electron chi connectivity index (χ3n) is 13.2. The number of hydrogen-bond acceptors (Lipinski definition) is 24. The highest BCUT2D eigenvalue weighted by molar-refractivity contribution is 7.80. The molecule has 4 fully saturated rings. The number of amides is 4. The molecule has 0 spiro atoms. The van der Waals surface area contributed by atoms with Gasteiger partial charge in [0.2, 0.25) is 17.7 Å². The van der Waals surface area contributed by atoms with E-state index in [9.17, 15) is 78.1 Å². The molecule has 0 aliphatic carbocycles. The van der Waals surface area contributed by atoms with Gasteiger partial charge in [0.25, 0.3) is 5.91 Å². The monoisotopic (exact) mass is 1140 g/mol. The first-order chi connectivity index (χ1) is 37.0. The molecule has 14 N–H and O–H groups in total. The Bertz CT molecular complexity index is 2220. The summed E-state index contributed by atoms with van der Waals surface area (Å²) >= 11 is 0. The molecule has 0 saturated carbocycles. The Morgan fingerprint density at radius 2 is 1.04 bits per heavy atom. The summed E-state index contributed by atoms with van der Waals surface area (Å²) < 4.78 is 84.1. The molecule has 20 atom stereocenters. The zero-order valence-corrected chi connectivity index (χ0v) is 44.3. The summed E-state index contributed by atoms with van der Waals surface area (Å²) in [5.74, 6) is -3.05. The minimum atomic E-state index is -5.16. The van der Waals surface area contributed by atoms with Gasteiger partial charge in [-0.3, -0.25) is 23.7 Å². The second-order valence-corrected chi connectivity index (χ2v) is 20.3. The molecule has 29 nitrogen and oxygen atoms in total. The molecule has 0 bridgehead atoms. The molecule has 4 aliphatic heterocycles. The number of carbonyl (C=O) groups excluding carboxylic acids is 4. The predicted molar refractivity (Wildman–Crippen MR) is 263 cm³/mol. The van der Waals surface area contributed by atoms with Gasteiger partial charge < -0.3 is 105 Å². The number of nitrogens with one attached hydrogen (secondary N) is 4. The summed E-state index contributed by atoms with van der Waals surface area (Å²) in [6.07, 6.45) is -18.4. The Hall–Kier alpha value is -4.13. The molecule has 4 saturated heterocycles. The van der Waals surface area contributed by atoms with Gasteiger partial charge in [-0.1, -0.05) is 50.5 Å². The van der Waals surface area contributed by atoms with Crippen LogP contribution in [0.3, 0.4) is 0 Å². The third kappa shape index (κ3) is 17.7. The molecule has 4 heterocycles. The van der Waals surface area contributed by atoms with E-state index in [1.165, 1.54) is 18.9 Å². The molecule has 1 aromatic carbocycles. The van der Waals surface area contributed by atoms with Crippen LogP contribution < -0.4 is 26.0 Å². The Kier molecular flexibility index (Phi) is 25.4. The van der Waals surface area contributed by atoms with E-state index in [0.717, 1.165) is 46.5 Å². The van der Waals surface area contributed by atoms with Crippen LogP contribution in [0.2, 0.25) is 0 Å². The minimum absolute atomic E-state index is 0.0212. The van der Waals surface area contributed by atoms with Crippen LogP contribution in [0.25, 0.3) is 0 Å². The average Bonchev–Trinajstić information content (AvgIpc) is 3.40. The summed E-state index contributed by atoms with van der Waals surface area (Å²) in [5.41, 5.74) is 0.0212. The number of allylic oxidation sites excluding steroid dienone is 2. The number of ether oxygens (including phenoxy) is 8. The topological polar surface area (TPSA) is 436 Å². The molecule has 4 aliphatic rings. The molecule has 4 amide bonds. The fourth-order valence-electron chi connectivity index (χ4n) is 9.39. The Labute approximate surface area is 450 Å². The number of benzene rings is 1. The summed E-state index contributed by atoms with van der Waals surface area (Å²) in [6, 6.07) is -0.578. The van der Waals surface area contributed by atoms with E-state index in [1.807, 2.05) is 0 Å². The van der Waals surface area contributed by atoms with E-state index >= 15 is 0 Å². The van der Waals surface area contributed by atoms with Crippen molar-refractivity contribution >= 4 is 34.0 Å². The number of hydrogen-bond donors (Lipinski definition) is 14. The Morgan fingerprint density at radius 3 is 1.54 bits per heavy atom. The second-order valence-electron chi connectivity index (χ2n) is 19.2. The van der Waals surface area contributed by atoms with Gasteiger partial charge >= 0.3 is 10.4 Å². The SMILES string of the molecule is CCCCCC/C=C\CCCOc1ccccc1C(=O)N[C@H]1[C@H](O[C@H]2[C@H](O)[C@@H](NC(C)=O)[C@H](O[C@H]3[C@H](O)[C@@H](NC(C)=O)[C@H](O[C@H]4[C@H](O)[C@@H](NC(C)=O)C(O)O[C@@H]4COS(=O)(=O)O)O[C@@H]3CO)O[C@@H]2CO)O[C@H](CO)[C@@H](O)[C@@H]1O. The standard InChI is InChI=1S/C48H76N4O25S/c1-5-6-7-8-9-10-11-12-15-18-69-27-17-14-13-16-26(27)44(64)52-33-37(60)36(59)28(19-53)72-46(33)75-41-29(20-54)73-47(34(39(41)62)50-24(3)57)76-42-30(21-55)74-48(35(40(42)63)51-25(4)58)77-43-31(22-70-78(66,67)68)71-45(65)32(38(43)61)49-23(2)56/h10-11,13-14,16-17,28-43,45-48,53-55,59-63,65H,5-9,12,15,18-22H2,1-4H3,(H,49,56)(H,50,57)(H,51,58)(H,52,64)(H,66,67,68)/b11-10-/t28-,29-,30-,31-,32-,33-,34-,35-,36-,37-,38-,39-,40-,41-,42-,43-,45?,46+,47+,48+/m1/s1. The number of para-hydroxylation sites is 1. The predicted octanol–water partition coefficient (Wildman–Crippen LogP) is -4.37. The first-order valence-electron chi connectivity index (χ1n) is 25.6. The molecule has 1 unspecified atom stereocenters. The highest BCUT2D eigenvalue weighted by Crippen LogP contribution is 2.35. The Morgan fingerprint density at radius 1 is 0.577 bits per heavy atom. The summed E-state index contributed by atoms with van der Waals surface area (Å²) in [5, 5.41) is 109. The number of aliphatic hydroxyl groups excluding tert-OH is 9. The van der Waals surface area contributed by atoms with Crippen molar-refractivity contribution in [3.8, 4) is 5.75 Å². The van der Waals surface area contributed by atoms with Gasteiger partial charge in [-0.05, 0) is 37.8 Å². The number of carbonyl (C=O) groups is 4. The normalized spacial score (nSPS) is 35.4. The smallest absolute Gasteiger partial charge is 0.397 e. The molecule has 5 rings (SSSR count). The summed E-state index contributed by atoms with van der Waals surface area (Å²) in [7, 11) is -5.16. The highest BCUT2D eigenvalue weighted by atomic mass is 32.3. The van der Waals surface area contributed by atoms with Crippen LogP contribution in [0.15, 0.2) is 36.4 Å². The van der Waals surface area contributed by atoms with Crippen LogP contribution >= 0.6 is 0 Å². The van der Waals surface area contributed by atoms with E-state index < -0.39 is 183 Å². The molecule has 1 aromatic rings. The van der Waals surface area contributed by atoms with E-state index in [-0.39, 0.29) is 17.9 Å². The van der Waals surface area contributed by atoms with Crippen molar-refractivity contribution in [2.45, 2.75) is 195 Å². The zero-order valence-electron chi connectivity index (χ0n) is 43.5. The number of rotatable bonds is 27. The molecular formula is C48H76N4O25S. The lowest BCUT2D eigenvalue weighted by Crippen LogP contribution is -2.71. The summed E-state index contributed by atoms with van der Waals surface area (Å²) in [6.45, 7) is 1.48. The highest BCUT2D eigenvalue weighted by Gasteiger charge is 2.56. The lowest BCUT2D eigenvalue weighted by Gasteiger charge is -2.51. The molecule has 0 aromatic heterocycles. The van der Waals surface area contributed by atoms with E-state index in [1.54, 1.807) is 18.2 Å². The van der Waals surface area contributed by atoms with Crippen LogP contribution in [0.4, 0.5) is 0 Å². The van der Waals surface area contributed by atoms with Gasteiger partial charge in [-0.2, -0.15) is 8.42 Å². The quantitative estimate of drug-likeness (QED) is 0.0225. The lowest BCUT2D eigenvalue weighted by atomic mass is 9.93. The maximum absolute atomic E-state index is 14.0. The van der Waals surface area contributed by atoms with E-state index in [0.29, 0.717) is 6.42 Å². The van der Waals surface area contributed by atoms with Gasteiger partial charge in [-0.15, -0.1) is 0 Å². The largest absolute Gasteiger partial charge is 0.493 e. The van der Waals surface area contributed by atoms with Gasteiger partial charge in [0.1, 0.15) is 103 Å². The first kappa shape index (κ1) is 64.7. The maximum atomic E-state index is 14.0. The van der Waals surface area contributed by atoms with Gasteiger partial charge in [0.05, 0.1) is 38.6 Å². The minimum Gasteiger partial charge on any atom is -0.493 e. The van der Waals surface area contributed by atoms with Crippen LogP contribution in [-0.4, -0.2) is 238 Å². The number of aliphatic hydroxyl groups is 9. The lowest BCUT2D eigenvalue weighted by molar-refractivity contribution is -0.361. The second kappa shape index (κ2) is 30.6. The van der Waals surface area contributed by atoms with Crippen LogP contribution in [0.5, 0.6) is 5.75 Å². The Balaban J connectivity index is 1.36. The van der Waals surface area contributed by atoms with Crippen molar-refractivity contribution in [1.29, 1.82) is 0 Å². The average molecular weight is 1140 g/mol. The van der Waals surface area contributed by atoms with Crippen molar-refractivity contribution in [3.63, 3.8) is 0 Å². The molecular weight excluding hydrogens is 1060 g/mol. The van der Waals surface area contributed by atoms with Gasteiger partial charge in [0.15, 0.2) is 25.2 Å². The van der Waals surface area contributed by atoms with Crippen molar-refractivity contribution in [2.75, 3.05) is 33.0 Å². The molecule has 444 valence electrons. The first-order valence-corrected chi connectivity index (χ1v) is 27.0. The molecule has 0 radical (unpaired) electrons. The zero-order chi connectivity index (χ0) is 57.4. The molecule has 78 heavy (non-hydrogen) atoms. The van der Waals surface area contributed by atoms with E-state index in [2.05, 4.69) is 44.5 Å². The van der Waals surface area contributed by atoms with E-state index in [4.69, 9.17) is 37.9 Å². The maximum Gasteiger partial charge on any atom is 0.397 e. The number of unbranched alkanes of at least 4 members (excludes halogenated alkanes) is 5. The van der Waals surface area contributed by atoms with Gasteiger partial charge in [-0.25, -0.2) is 4.18 Å². The van der Waals surface area contributed by atoms with Crippen LogP contribution in [0, 0.1) is 0 Å².